The Labute approximate surface area is 254 Å². The third-order valence-electron chi connectivity index (χ3n) is 9.76. The SMILES string of the molecule is C/C=C(\C)C(=O)O[C@@H]1[C@H](O)[C@@H]2OC[C@]3(C(=O)OC)[C@H](OC(C)=O)C[C@H](OC(=O)/C(C)=C/C)[C@@]4(CO[C@](OC)(C(=O)OC)[C@@H]14)[C@@H]23. The Morgan fingerprint density at radius 3 is 1.91 bits per heavy atom. The first kappa shape index (κ1) is 33.6. The van der Waals surface area contributed by atoms with Crippen LogP contribution in [0.2, 0.25) is 0 Å². The van der Waals surface area contributed by atoms with Crippen LogP contribution in [0.3, 0.4) is 0 Å². The first-order chi connectivity index (χ1) is 20.8. The van der Waals surface area contributed by atoms with Crippen molar-refractivity contribution in [1.82, 2.24) is 0 Å². The maximum absolute atomic E-state index is 13.8. The zero-order valence-corrected chi connectivity index (χ0v) is 26.1. The van der Waals surface area contributed by atoms with Crippen LogP contribution in [0.4, 0.5) is 0 Å². The lowest BCUT2D eigenvalue weighted by molar-refractivity contribution is -0.283. The Kier molecular flexibility index (Phi) is 9.32. The molecule has 0 aromatic heterocycles. The number of esters is 5. The van der Waals surface area contributed by atoms with Gasteiger partial charge in [0.15, 0.2) is 0 Å². The van der Waals surface area contributed by atoms with E-state index < -0.39 is 95.4 Å². The Morgan fingerprint density at radius 1 is 0.795 bits per heavy atom. The molecule has 14 nitrogen and oxygen atoms in total. The van der Waals surface area contributed by atoms with E-state index in [1.807, 2.05) is 0 Å². The fraction of sp³-hybridized carbons (Fsp3) is 0.700. The molecule has 44 heavy (non-hydrogen) atoms. The third kappa shape index (κ3) is 4.65. The molecule has 0 amide bonds. The summed E-state index contributed by atoms with van der Waals surface area (Å²) in [5.41, 5.74) is -2.91. The molecule has 0 radical (unpaired) electrons. The molecular formula is C30H40O14. The van der Waals surface area contributed by atoms with Crippen LogP contribution in [-0.2, 0) is 61.9 Å². The van der Waals surface area contributed by atoms with Crippen LogP contribution in [0.15, 0.2) is 23.3 Å². The second kappa shape index (κ2) is 12.2. The maximum Gasteiger partial charge on any atom is 0.367 e. The van der Waals surface area contributed by atoms with Crippen LogP contribution in [0, 0.1) is 22.7 Å². The number of hydrogen-bond acceptors (Lipinski definition) is 14. The molecular weight excluding hydrogens is 584 g/mol. The first-order valence-electron chi connectivity index (χ1n) is 14.3. The van der Waals surface area contributed by atoms with Crippen LogP contribution >= 0.6 is 0 Å². The summed E-state index contributed by atoms with van der Waals surface area (Å²) in [6.45, 7) is 6.71. The number of carbonyl (C=O) groups is 5. The molecule has 2 saturated heterocycles. The summed E-state index contributed by atoms with van der Waals surface area (Å²) < 4.78 is 46.0. The van der Waals surface area contributed by atoms with Gasteiger partial charge in [0.05, 0.1) is 44.9 Å². The van der Waals surface area contributed by atoms with Gasteiger partial charge in [-0.15, -0.1) is 0 Å². The number of allylic oxidation sites excluding steroid dienone is 2. The summed E-state index contributed by atoms with van der Waals surface area (Å²) in [5, 5.41) is 11.9. The van der Waals surface area contributed by atoms with Gasteiger partial charge in [-0.25, -0.2) is 14.4 Å². The lowest BCUT2D eigenvalue weighted by Gasteiger charge is -2.61. The molecule has 2 aliphatic carbocycles. The van der Waals surface area contributed by atoms with Gasteiger partial charge >= 0.3 is 29.8 Å². The van der Waals surface area contributed by atoms with Crippen molar-refractivity contribution in [2.45, 2.75) is 77.3 Å². The van der Waals surface area contributed by atoms with Crippen molar-refractivity contribution in [3.05, 3.63) is 23.3 Å². The van der Waals surface area contributed by atoms with E-state index in [9.17, 15) is 29.1 Å². The minimum Gasteiger partial charge on any atom is -0.468 e. The summed E-state index contributed by atoms with van der Waals surface area (Å²) >= 11 is 0. The highest BCUT2D eigenvalue weighted by Crippen LogP contribution is 2.70. The van der Waals surface area contributed by atoms with E-state index in [-0.39, 0.29) is 24.2 Å². The van der Waals surface area contributed by atoms with E-state index in [2.05, 4.69) is 0 Å². The van der Waals surface area contributed by atoms with Crippen molar-refractivity contribution in [3.8, 4) is 0 Å². The maximum atomic E-state index is 13.8. The highest BCUT2D eigenvalue weighted by molar-refractivity contribution is 5.89. The minimum absolute atomic E-state index is 0.204. The van der Waals surface area contributed by atoms with Crippen LogP contribution in [0.25, 0.3) is 0 Å². The lowest BCUT2D eigenvalue weighted by atomic mass is 9.44. The fourth-order valence-corrected chi connectivity index (χ4v) is 7.59. The predicted octanol–water partition coefficient (Wildman–Crippen LogP) is 0.775. The number of ether oxygens (including phenoxy) is 8. The quantitative estimate of drug-likeness (QED) is 0.227. The predicted molar refractivity (Wildman–Crippen MR) is 146 cm³/mol. The van der Waals surface area contributed by atoms with Gasteiger partial charge in [-0.2, -0.15) is 0 Å². The number of rotatable bonds is 8. The van der Waals surface area contributed by atoms with Gasteiger partial charge in [0.2, 0.25) is 0 Å². The van der Waals surface area contributed by atoms with Crippen LogP contribution in [0.1, 0.15) is 41.0 Å². The van der Waals surface area contributed by atoms with E-state index in [4.69, 9.17) is 37.9 Å². The van der Waals surface area contributed by atoms with E-state index in [0.717, 1.165) is 21.1 Å². The smallest absolute Gasteiger partial charge is 0.367 e. The zero-order chi connectivity index (χ0) is 32.8. The van der Waals surface area contributed by atoms with E-state index in [0.29, 0.717) is 0 Å². The highest BCUT2D eigenvalue weighted by atomic mass is 16.7. The molecule has 10 atom stereocenters. The van der Waals surface area contributed by atoms with Crippen molar-refractivity contribution in [2.75, 3.05) is 34.5 Å². The van der Waals surface area contributed by atoms with Gasteiger partial charge in [0, 0.05) is 37.5 Å². The van der Waals surface area contributed by atoms with Crippen molar-refractivity contribution in [2.24, 2.45) is 22.7 Å². The van der Waals surface area contributed by atoms with Crippen molar-refractivity contribution in [1.29, 1.82) is 0 Å². The molecule has 1 N–H and O–H groups in total. The summed E-state index contributed by atoms with van der Waals surface area (Å²) in [4.78, 5) is 66.3. The molecule has 14 heteroatoms. The Balaban J connectivity index is 2.06. The number of hydrogen-bond donors (Lipinski definition) is 1. The van der Waals surface area contributed by atoms with Crippen molar-refractivity contribution >= 4 is 29.8 Å². The lowest BCUT2D eigenvalue weighted by Crippen LogP contribution is -2.75. The Morgan fingerprint density at radius 2 is 1.39 bits per heavy atom. The minimum atomic E-state index is -2.30. The number of aliphatic hydroxyl groups is 1. The molecule has 2 saturated carbocycles. The van der Waals surface area contributed by atoms with Gasteiger partial charge in [0.25, 0.3) is 5.79 Å². The third-order valence-corrected chi connectivity index (χ3v) is 9.76. The Bertz CT molecular complexity index is 1270. The molecule has 0 aromatic carbocycles. The largest absolute Gasteiger partial charge is 0.468 e. The normalized spacial score (nSPS) is 39.4. The standard InChI is InChI=1S/C30H40O14/c1-9-14(3)24(33)43-17-11-18(42-16(5)31)29(26(35)37-6)12-40-20-19(32)21(44-25(34)15(4)10-2)23-28(17,22(20)29)13-41-30(23,39-8)27(36)38-7/h9-10,17-23,32H,11-13H2,1-8H3/b14-9+,15-10+/t17-,18+,19+,20-,21+,22+,23-,28-,29-,30-/m0/s1. The van der Waals surface area contributed by atoms with E-state index in [1.54, 1.807) is 13.8 Å². The number of aliphatic hydroxyl groups excluding tert-OH is 1. The molecule has 244 valence electrons. The molecule has 0 unspecified atom stereocenters. The van der Waals surface area contributed by atoms with E-state index in [1.165, 1.54) is 33.1 Å². The first-order valence-corrected chi connectivity index (χ1v) is 14.3. The average molecular weight is 625 g/mol. The molecule has 2 heterocycles. The van der Waals surface area contributed by atoms with Crippen molar-refractivity contribution < 1.29 is 67.0 Å². The number of methoxy groups -OCH3 is 3. The summed E-state index contributed by atoms with van der Waals surface area (Å²) in [5.74, 6) is -8.98. The summed E-state index contributed by atoms with van der Waals surface area (Å²) in [6.07, 6.45) is -4.17. The molecule has 4 fully saturated rings. The molecule has 2 aliphatic heterocycles. The summed E-state index contributed by atoms with van der Waals surface area (Å²) in [6, 6.07) is 0. The Hall–Kier alpha value is -3.33. The van der Waals surface area contributed by atoms with Crippen molar-refractivity contribution in [3.63, 3.8) is 0 Å². The molecule has 1 spiro atoms. The van der Waals surface area contributed by atoms with Gasteiger partial charge in [-0.05, 0) is 27.7 Å². The van der Waals surface area contributed by atoms with Gasteiger partial charge in [-0.3, -0.25) is 9.59 Å². The van der Waals surface area contributed by atoms with Crippen LogP contribution < -0.4 is 0 Å². The van der Waals surface area contributed by atoms with E-state index >= 15 is 0 Å². The second-order valence-corrected chi connectivity index (χ2v) is 11.6. The summed E-state index contributed by atoms with van der Waals surface area (Å²) in [7, 11) is 3.44. The van der Waals surface area contributed by atoms with Gasteiger partial charge < -0.3 is 43.0 Å². The monoisotopic (exact) mass is 624 g/mol. The fourth-order valence-electron chi connectivity index (χ4n) is 7.59. The molecule has 0 aromatic rings. The van der Waals surface area contributed by atoms with Crippen LogP contribution in [0.5, 0.6) is 0 Å². The topological polar surface area (TPSA) is 179 Å². The second-order valence-electron chi connectivity index (χ2n) is 11.6. The average Bonchev–Trinajstić information content (AvgIpc) is 3.59. The molecule has 4 aliphatic rings. The van der Waals surface area contributed by atoms with Gasteiger partial charge in [0.1, 0.15) is 29.8 Å². The van der Waals surface area contributed by atoms with Gasteiger partial charge in [-0.1, -0.05) is 12.2 Å². The molecule has 0 bridgehead atoms. The molecule has 4 rings (SSSR count). The van der Waals surface area contributed by atoms with Crippen LogP contribution in [-0.4, -0.2) is 106 Å². The zero-order valence-electron chi connectivity index (χ0n) is 26.1. The highest BCUT2D eigenvalue weighted by Gasteiger charge is 2.85. The number of carbonyl (C=O) groups excluding carboxylic acids is 5.